The smallest absolute Gasteiger partial charge is 0.0949 e. The standard InChI is InChI=1S/C15H13N3/c1-3-14(15-5-7-16-8-6-15)4-2-13(1)11-18-10-9-17-12-18/h1-10,12H,11H2. The van der Waals surface area contributed by atoms with E-state index in [-0.39, 0.29) is 0 Å². The SMILES string of the molecule is c1cc(-c2ccc(Cn3ccnc3)cc2)ccn1. The molecule has 1 aromatic carbocycles. The Labute approximate surface area is 106 Å². The lowest BCUT2D eigenvalue weighted by molar-refractivity contribution is 0.797. The summed E-state index contributed by atoms with van der Waals surface area (Å²) in [7, 11) is 0. The van der Waals surface area contributed by atoms with E-state index in [1.54, 1.807) is 6.20 Å². The molecule has 3 nitrogen and oxygen atoms in total. The van der Waals surface area contributed by atoms with Crippen LogP contribution >= 0.6 is 0 Å². The molecule has 0 spiro atoms. The fourth-order valence-corrected chi connectivity index (χ4v) is 1.94. The van der Waals surface area contributed by atoms with Crippen LogP contribution in [0, 0.1) is 0 Å². The molecular formula is C15H13N3. The number of imidazole rings is 1. The number of aromatic nitrogens is 3. The minimum Gasteiger partial charge on any atom is -0.333 e. The van der Waals surface area contributed by atoms with Crippen LogP contribution in [0.1, 0.15) is 5.56 Å². The maximum atomic E-state index is 4.04. The van der Waals surface area contributed by atoms with Crippen molar-refractivity contribution in [3.8, 4) is 11.1 Å². The summed E-state index contributed by atoms with van der Waals surface area (Å²) >= 11 is 0. The summed E-state index contributed by atoms with van der Waals surface area (Å²) in [4.78, 5) is 8.07. The first-order valence-electron chi connectivity index (χ1n) is 5.87. The zero-order valence-electron chi connectivity index (χ0n) is 9.90. The molecule has 3 rings (SSSR count). The van der Waals surface area contributed by atoms with Gasteiger partial charge in [0.2, 0.25) is 0 Å². The zero-order valence-corrected chi connectivity index (χ0v) is 9.90. The lowest BCUT2D eigenvalue weighted by atomic mass is 10.1. The fraction of sp³-hybridized carbons (Fsp3) is 0.0667. The van der Waals surface area contributed by atoms with Crippen LogP contribution in [0.15, 0.2) is 67.5 Å². The molecule has 0 saturated heterocycles. The number of nitrogens with zero attached hydrogens (tertiary/aromatic N) is 3. The van der Waals surface area contributed by atoms with Gasteiger partial charge in [0, 0.05) is 31.3 Å². The Kier molecular flexibility index (Phi) is 2.88. The maximum Gasteiger partial charge on any atom is 0.0949 e. The molecule has 0 aliphatic carbocycles. The van der Waals surface area contributed by atoms with Crippen molar-refractivity contribution in [3.63, 3.8) is 0 Å². The van der Waals surface area contributed by atoms with E-state index >= 15 is 0 Å². The largest absolute Gasteiger partial charge is 0.333 e. The number of rotatable bonds is 3. The Hall–Kier alpha value is -2.42. The molecule has 3 aromatic rings. The van der Waals surface area contributed by atoms with Crippen molar-refractivity contribution >= 4 is 0 Å². The number of hydrogen-bond acceptors (Lipinski definition) is 2. The van der Waals surface area contributed by atoms with Crippen molar-refractivity contribution in [2.24, 2.45) is 0 Å². The zero-order chi connectivity index (χ0) is 12.2. The molecule has 0 N–H and O–H groups in total. The molecule has 2 heterocycles. The van der Waals surface area contributed by atoms with E-state index in [1.165, 1.54) is 16.7 Å². The number of hydrogen-bond donors (Lipinski definition) is 0. The Morgan fingerprint density at radius 3 is 2.17 bits per heavy atom. The second-order valence-electron chi connectivity index (χ2n) is 4.17. The quantitative estimate of drug-likeness (QED) is 0.698. The molecule has 18 heavy (non-hydrogen) atoms. The van der Waals surface area contributed by atoms with Crippen LogP contribution in [0.5, 0.6) is 0 Å². The molecule has 0 atom stereocenters. The predicted octanol–water partition coefficient (Wildman–Crippen LogP) is 2.99. The summed E-state index contributed by atoms with van der Waals surface area (Å²) in [6, 6.07) is 12.6. The maximum absolute atomic E-state index is 4.04. The van der Waals surface area contributed by atoms with Crippen molar-refractivity contribution < 1.29 is 0 Å². The van der Waals surface area contributed by atoms with Crippen LogP contribution in [0.4, 0.5) is 0 Å². The molecule has 3 heteroatoms. The third-order valence-electron chi connectivity index (χ3n) is 2.89. The fourth-order valence-electron chi connectivity index (χ4n) is 1.94. The Balaban J connectivity index is 1.81. The van der Waals surface area contributed by atoms with Gasteiger partial charge in [0.25, 0.3) is 0 Å². The van der Waals surface area contributed by atoms with Gasteiger partial charge in [0.15, 0.2) is 0 Å². The van der Waals surface area contributed by atoms with Gasteiger partial charge in [0.05, 0.1) is 6.33 Å². The van der Waals surface area contributed by atoms with Crippen LogP contribution < -0.4 is 0 Å². The van der Waals surface area contributed by atoms with Gasteiger partial charge >= 0.3 is 0 Å². The molecule has 0 saturated carbocycles. The minimum atomic E-state index is 0.858. The predicted molar refractivity (Wildman–Crippen MR) is 71.0 cm³/mol. The van der Waals surface area contributed by atoms with Crippen LogP contribution in [0.25, 0.3) is 11.1 Å². The summed E-state index contributed by atoms with van der Waals surface area (Å²) in [5, 5.41) is 0. The number of benzene rings is 1. The van der Waals surface area contributed by atoms with E-state index in [0.29, 0.717) is 0 Å². The van der Waals surface area contributed by atoms with Crippen molar-refractivity contribution in [2.45, 2.75) is 6.54 Å². The lowest BCUT2D eigenvalue weighted by Gasteiger charge is -2.05. The van der Waals surface area contributed by atoms with E-state index < -0.39 is 0 Å². The first-order chi connectivity index (χ1) is 8.92. The van der Waals surface area contributed by atoms with Crippen LogP contribution in [0.3, 0.4) is 0 Å². The Morgan fingerprint density at radius 1 is 0.778 bits per heavy atom. The molecule has 0 amide bonds. The molecule has 0 aliphatic heterocycles. The summed E-state index contributed by atoms with van der Waals surface area (Å²) in [5.41, 5.74) is 3.68. The number of pyridine rings is 1. The van der Waals surface area contributed by atoms with Crippen LogP contribution in [-0.2, 0) is 6.54 Å². The van der Waals surface area contributed by atoms with E-state index in [1.807, 2.05) is 37.1 Å². The molecule has 0 fully saturated rings. The van der Waals surface area contributed by atoms with Gasteiger partial charge in [0.1, 0.15) is 0 Å². The van der Waals surface area contributed by atoms with Gasteiger partial charge in [-0.2, -0.15) is 0 Å². The molecule has 0 radical (unpaired) electrons. The van der Waals surface area contributed by atoms with E-state index in [0.717, 1.165) is 6.54 Å². The molecule has 0 bridgehead atoms. The average Bonchev–Trinajstić information content (AvgIpc) is 2.94. The topological polar surface area (TPSA) is 30.7 Å². The van der Waals surface area contributed by atoms with Gasteiger partial charge in [-0.15, -0.1) is 0 Å². The molecule has 88 valence electrons. The highest BCUT2D eigenvalue weighted by atomic mass is 15.0. The monoisotopic (exact) mass is 235 g/mol. The van der Waals surface area contributed by atoms with Gasteiger partial charge in [-0.1, -0.05) is 24.3 Å². The third-order valence-corrected chi connectivity index (χ3v) is 2.89. The second-order valence-corrected chi connectivity index (χ2v) is 4.17. The normalized spacial score (nSPS) is 10.4. The highest BCUT2D eigenvalue weighted by Gasteiger charge is 1.98. The summed E-state index contributed by atoms with van der Waals surface area (Å²) < 4.78 is 2.06. The van der Waals surface area contributed by atoms with Crippen LogP contribution in [-0.4, -0.2) is 14.5 Å². The molecule has 0 unspecified atom stereocenters. The van der Waals surface area contributed by atoms with Crippen molar-refractivity contribution in [2.75, 3.05) is 0 Å². The van der Waals surface area contributed by atoms with Gasteiger partial charge in [-0.05, 0) is 28.8 Å². The Morgan fingerprint density at radius 2 is 1.50 bits per heavy atom. The van der Waals surface area contributed by atoms with Gasteiger partial charge in [-0.25, -0.2) is 4.98 Å². The lowest BCUT2D eigenvalue weighted by Crippen LogP contribution is -1.95. The molecular weight excluding hydrogens is 222 g/mol. The molecule has 0 aliphatic rings. The summed E-state index contributed by atoms with van der Waals surface area (Å²) in [6.45, 7) is 0.858. The van der Waals surface area contributed by atoms with E-state index in [9.17, 15) is 0 Å². The van der Waals surface area contributed by atoms with Crippen LogP contribution in [0.2, 0.25) is 0 Å². The van der Waals surface area contributed by atoms with E-state index in [4.69, 9.17) is 0 Å². The molecule has 2 aromatic heterocycles. The average molecular weight is 235 g/mol. The minimum absolute atomic E-state index is 0.858. The first kappa shape index (κ1) is 10.7. The first-order valence-corrected chi connectivity index (χ1v) is 5.87. The highest BCUT2D eigenvalue weighted by Crippen LogP contribution is 2.18. The highest BCUT2D eigenvalue weighted by molar-refractivity contribution is 5.62. The van der Waals surface area contributed by atoms with Gasteiger partial charge < -0.3 is 4.57 Å². The van der Waals surface area contributed by atoms with Crippen molar-refractivity contribution in [3.05, 3.63) is 73.1 Å². The van der Waals surface area contributed by atoms with Gasteiger partial charge in [-0.3, -0.25) is 4.98 Å². The summed E-state index contributed by atoms with van der Waals surface area (Å²) in [5.74, 6) is 0. The van der Waals surface area contributed by atoms with Crippen molar-refractivity contribution in [1.82, 2.24) is 14.5 Å². The van der Waals surface area contributed by atoms with Crippen molar-refractivity contribution in [1.29, 1.82) is 0 Å². The third kappa shape index (κ3) is 2.30. The summed E-state index contributed by atoms with van der Waals surface area (Å²) in [6.07, 6.45) is 9.22. The van der Waals surface area contributed by atoms with E-state index in [2.05, 4.69) is 38.8 Å². The second kappa shape index (κ2) is 4.84. The Bertz CT molecular complexity index is 598.